The molecule has 14 heavy (non-hydrogen) atoms. The van der Waals surface area contributed by atoms with E-state index < -0.39 is 0 Å². The van der Waals surface area contributed by atoms with Crippen molar-refractivity contribution in [2.75, 3.05) is 26.7 Å². The van der Waals surface area contributed by atoms with E-state index in [2.05, 4.69) is 45.0 Å². The number of hydrogen-bond donors (Lipinski definition) is 1. The van der Waals surface area contributed by atoms with Crippen molar-refractivity contribution in [3.05, 3.63) is 0 Å². The van der Waals surface area contributed by atoms with Gasteiger partial charge in [-0.3, -0.25) is 0 Å². The summed E-state index contributed by atoms with van der Waals surface area (Å²) in [7, 11) is 2.07. The lowest BCUT2D eigenvalue weighted by molar-refractivity contribution is 0.229. The minimum Gasteiger partial charge on any atom is -0.315 e. The van der Waals surface area contributed by atoms with E-state index in [9.17, 15) is 0 Å². The van der Waals surface area contributed by atoms with Gasteiger partial charge in [-0.25, -0.2) is 0 Å². The minimum absolute atomic E-state index is 0.631. The molecule has 1 unspecified atom stereocenters. The molecule has 1 atom stereocenters. The number of likely N-dealkylation sites (N-methyl/N-ethyl adjacent to an activating group) is 2. The van der Waals surface area contributed by atoms with Crippen LogP contribution >= 0.6 is 0 Å². The molecule has 0 amide bonds. The SMILES string of the molecule is CCCCN(CC)CC(NC)C(C)C. The Morgan fingerprint density at radius 1 is 1.21 bits per heavy atom. The molecule has 0 radical (unpaired) electrons. The van der Waals surface area contributed by atoms with Crippen LogP contribution in [-0.4, -0.2) is 37.6 Å². The van der Waals surface area contributed by atoms with Crippen LogP contribution in [0, 0.1) is 5.92 Å². The smallest absolute Gasteiger partial charge is 0.0214 e. The first-order chi connectivity index (χ1) is 6.65. The van der Waals surface area contributed by atoms with Crippen LogP contribution in [0.2, 0.25) is 0 Å². The van der Waals surface area contributed by atoms with Crippen molar-refractivity contribution in [3.63, 3.8) is 0 Å². The Hall–Kier alpha value is -0.0800. The molecular weight excluding hydrogens is 172 g/mol. The van der Waals surface area contributed by atoms with Crippen LogP contribution in [-0.2, 0) is 0 Å². The van der Waals surface area contributed by atoms with E-state index >= 15 is 0 Å². The van der Waals surface area contributed by atoms with Crippen molar-refractivity contribution >= 4 is 0 Å². The molecule has 0 aliphatic heterocycles. The van der Waals surface area contributed by atoms with Gasteiger partial charge in [0, 0.05) is 12.6 Å². The third-order valence-corrected chi connectivity index (χ3v) is 2.91. The zero-order valence-electron chi connectivity index (χ0n) is 10.6. The van der Waals surface area contributed by atoms with Crippen LogP contribution in [0.3, 0.4) is 0 Å². The third kappa shape index (κ3) is 5.61. The predicted octanol–water partition coefficient (Wildman–Crippen LogP) is 2.35. The molecule has 0 aliphatic rings. The van der Waals surface area contributed by atoms with Gasteiger partial charge in [-0.2, -0.15) is 0 Å². The Bertz CT molecular complexity index is 123. The van der Waals surface area contributed by atoms with E-state index in [4.69, 9.17) is 0 Å². The molecule has 86 valence electrons. The highest BCUT2D eigenvalue weighted by molar-refractivity contribution is 4.73. The monoisotopic (exact) mass is 200 g/mol. The molecular formula is C12H28N2. The van der Waals surface area contributed by atoms with Crippen molar-refractivity contribution in [3.8, 4) is 0 Å². The number of rotatable bonds is 8. The van der Waals surface area contributed by atoms with Gasteiger partial charge in [0.25, 0.3) is 0 Å². The van der Waals surface area contributed by atoms with Crippen LogP contribution in [0.15, 0.2) is 0 Å². The molecule has 2 heteroatoms. The summed E-state index contributed by atoms with van der Waals surface area (Å²) in [6.07, 6.45) is 2.62. The number of unbranched alkanes of at least 4 members (excludes halogenated alkanes) is 1. The summed E-state index contributed by atoms with van der Waals surface area (Å²) in [5, 5.41) is 3.40. The highest BCUT2D eigenvalue weighted by Gasteiger charge is 2.13. The zero-order chi connectivity index (χ0) is 11.0. The van der Waals surface area contributed by atoms with E-state index in [1.807, 2.05) is 0 Å². The minimum atomic E-state index is 0.631. The van der Waals surface area contributed by atoms with E-state index in [0.717, 1.165) is 5.92 Å². The summed E-state index contributed by atoms with van der Waals surface area (Å²) in [6.45, 7) is 12.7. The lowest BCUT2D eigenvalue weighted by atomic mass is 10.0. The standard InChI is InChI=1S/C12H28N2/c1-6-8-9-14(7-2)10-12(13-5)11(3)4/h11-13H,6-10H2,1-5H3. The molecule has 1 N–H and O–H groups in total. The fourth-order valence-corrected chi connectivity index (χ4v) is 1.67. The van der Waals surface area contributed by atoms with Gasteiger partial charge in [0.1, 0.15) is 0 Å². The van der Waals surface area contributed by atoms with Crippen molar-refractivity contribution < 1.29 is 0 Å². The molecule has 0 aromatic heterocycles. The maximum Gasteiger partial charge on any atom is 0.0214 e. The quantitative estimate of drug-likeness (QED) is 0.647. The van der Waals surface area contributed by atoms with Crippen molar-refractivity contribution in [2.45, 2.75) is 46.6 Å². The van der Waals surface area contributed by atoms with Crippen LogP contribution in [0.25, 0.3) is 0 Å². The van der Waals surface area contributed by atoms with Crippen LogP contribution < -0.4 is 5.32 Å². The van der Waals surface area contributed by atoms with Gasteiger partial charge in [0.2, 0.25) is 0 Å². The fraction of sp³-hybridized carbons (Fsp3) is 1.00. The van der Waals surface area contributed by atoms with Crippen molar-refractivity contribution in [2.24, 2.45) is 5.92 Å². The molecule has 0 spiro atoms. The number of nitrogens with one attached hydrogen (secondary N) is 1. The van der Waals surface area contributed by atoms with Gasteiger partial charge in [-0.05, 0) is 32.5 Å². The summed E-state index contributed by atoms with van der Waals surface area (Å²) in [5.74, 6) is 0.718. The molecule has 0 fully saturated rings. The predicted molar refractivity (Wildman–Crippen MR) is 64.7 cm³/mol. The molecule has 0 heterocycles. The van der Waals surface area contributed by atoms with Crippen molar-refractivity contribution in [1.29, 1.82) is 0 Å². The first-order valence-electron chi connectivity index (χ1n) is 6.05. The topological polar surface area (TPSA) is 15.3 Å². The summed E-state index contributed by atoms with van der Waals surface area (Å²) in [6, 6.07) is 0.631. The van der Waals surface area contributed by atoms with E-state index in [0.29, 0.717) is 6.04 Å². The van der Waals surface area contributed by atoms with Crippen LogP contribution in [0.1, 0.15) is 40.5 Å². The van der Waals surface area contributed by atoms with E-state index in [-0.39, 0.29) is 0 Å². The average molecular weight is 200 g/mol. The highest BCUT2D eigenvalue weighted by atomic mass is 15.1. The number of nitrogens with zero attached hydrogens (tertiary/aromatic N) is 1. The first kappa shape index (κ1) is 13.9. The van der Waals surface area contributed by atoms with Gasteiger partial charge >= 0.3 is 0 Å². The van der Waals surface area contributed by atoms with Gasteiger partial charge in [0.15, 0.2) is 0 Å². The van der Waals surface area contributed by atoms with Gasteiger partial charge in [0.05, 0.1) is 0 Å². The van der Waals surface area contributed by atoms with Crippen molar-refractivity contribution in [1.82, 2.24) is 10.2 Å². The summed E-state index contributed by atoms with van der Waals surface area (Å²) < 4.78 is 0. The third-order valence-electron chi connectivity index (χ3n) is 2.91. The van der Waals surface area contributed by atoms with Crippen LogP contribution in [0.5, 0.6) is 0 Å². The maximum absolute atomic E-state index is 3.40. The summed E-state index contributed by atoms with van der Waals surface area (Å²) >= 11 is 0. The molecule has 2 nitrogen and oxygen atoms in total. The second kappa shape index (κ2) is 8.25. The zero-order valence-corrected chi connectivity index (χ0v) is 10.6. The lowest BCUT2D eigenvalue weighted by Crippen LogP contribution is -2.42. The van der Waals surface area contributed by atoms with Gasteiger partial charge in [-0.1, -0.05) is 34.1 Å². The number of hydrogen-bond acceptors (Lipinski definition) is 2. The molecule has 0 bridgehead atoms. The Kier molecular flexibility index (Phi) is 8.20. The fourth-order valence-electron chi connectivity index (χ4n) is 1.67. The molecule has 0 saturated carbocycles. The molecule has 0 saturated heterocycles. The molecule has 0 aliphatic carbocycles. The Morgan fingerprint density at radius 2 is 1.86 bits per heavy atom. The van der Waals surface area contributed by atoms with Gasteiger partial charge < -0.3 is 10.2 Å². The molecule has 0 rings (SSSR count). The van der Waals surface area contributed by atoms with Crippen LogP contribution in [0.4, 0.5) is 0 Å². The highest BCUT2D eigenvalue weighted by Crippen LogP contribution is 2.04. The Morgan fingerprint density at radius 3 is 2.21 bits per heavy atom. The second-order valence-corrected chi connectivity index (χ2v) is 4.39. The lowest BCUT2D eigenvalue weighted by Gasteiger charge is -2.28. The Balaban J connectivity index is 3.87. The Labute approximate surface area is 90.1 Å². The normalized spacial score (nSPS) is 13.9. The average Bonchev–Trinajstić information content (AvgIpc) is 2.18. The summed E-state index contributed by atoms with van der Waals surface area (Å²) in [4.78, 5) is 2.55. The van der Waals surface area contributed by atoms with E-state index in [1.54, 1.807) is 0 Å². The van der Waals surface area contributed by atoms with E-state index in [1.165, 1.54) is 32.5 Å². The summed E-state index contributed by atoms with van der Waals surface area (Å²) in [5.41, 5.74) is 0. The largest absolute Gasteiger partial charge is 0.315 e. The maximum atomic E-state index is 3.40. The van der Waals surface area contributed by atoms with Gasteiger partial charge in [-0.15, -0.1) is 0 Å². The first-order valence-corrected chi connectivity index (χ1v) is 6.05. The molecule has 0 aromatic rings. The second-order valence-electron chi connectivity index (χ2n) is 4.39. The molecule has 0 aromatic carbocycles.